The second-order valence-electron chi connectivity index (χ2n) is 2.47. The molecule has 0 unspecified atom stereocenters. The highest BCUT2D eigenvalue weighted by molar-refractivity contribution is 5.64. The predicted octanol–water partition coefficient (Wildman–Crippen LogP) is -0.427. The average Bonchev–Trinajstić information content (AvgIpc) is 2.45. The first-order valence-electron chi connectivity index (χ1n) is 2.83. The molecule has 4 nitrogen and oxygen atoms in total. The van der Waals surface area contributed by atoms with Crippen LogP contribution in [0.4, 0.5) is 4.79 Å². The first-order chi connectivity index (χ1) is 4.12. The Morgan fingerprint density at radius 2 is 2.22 bits per heavy atom. The fourth-order valence-electron chi connectivity index (χ4n) is 0.520. The van der Waals surface area contributed by atoms with Crippen LogP contribution in [0.1, 0.15) is 12.8 Å². The van der Waals surface area contributed by atoms with Gasteiger partial charge in [-0.1, -0.05) is 0 Å². The van der Waals surface area contributed by atoms with Crippen LogP contribution < -0.4 is 11.5 Å². The number of carbonyl (C=O) groups excluding carboxylic acids is 1. The van der Waals surface area contributed by atoms with Gasteiger partial charge in [-0.25, -0.2) is 4.79 Å². The Morgan fingerprint density at radius 3 is 2.56 bits per heavy atom. The Balaban J connectivity index is 2.12. The minimum absolute atomic E-state index is 0.241. The average molecular weight is 130 g/mol. The summed E-state index contributed by atoms with van der Waals surface area (Å²) in [4.78, 5) is 10.0. The van der Waals surface area contributed by atoms with Crippen molar-refractivity contribution in [1.82, 2.24) is 0 Å². The maximum atomic E-state index is 10.0. The molecule has 0 heterocycles. The van der Waals surface area contributed by atoms with E-state index in [4.69, 9.17) is 11.5 Å². The standard InChI is InChI=1S/C5H10N2O2/c6-4(8)9-3-5(7)1-2-5/h1-3,7H2,(H2,6,8). The molecule has 0 aromatic heterocycles. The second kappa shape index (κ2) is 1.88. The molecule has 0 saturated heterocycles. The van der Waals surface area contributed by atoms with E-state index in [9.17, 15) is 4.79 Å². The first kappa shape index (κ1) is 6.35. The van der Waals surface area contributed by atoms with Gasteiger partial charge in [0.1, 0.15) is 6.61 Å². The summed E-state index contributed by atoms with van der Waals surface area (Å²) in [6.45, 7) is 0.266. The van der Waals surface area contributed by atoms with Crippen LogP contribution >= 0.6 is 0 Å². The lowest BCUT2D eigenvalue weighted by atomic mass is 10.3. The zero-order valence-electron chi connectivity index (χ0n) is 5.09. The Hall–Kier alpha value is -0.770. The van der Waals surface area contributed by atoms with E-state index < -0.39 is 6.09 Å². The van der Waals surface area contributed by atoms with Gasteiger partial charge in [0.25, 0.3) is 0 Å². The summed E-state index contributed by atoms with van der Waals surface area (Å²) in [7, 11) is 0. The van der Waals surface area contributed by atoms with Gasteiger partial charge in [0.15, 0.2) is 0 Å². The molecule has 0 aliphatic heterocycles. The number of primary amides is 1. The van der Waals surface area contributed by atoms with Crippen molar-refractivity contribution in [3.63, 3.8) is 0 Å². The van der Waals surface area contributed by atoms with E-state index in [0.29, 0.717) is 0 Å². The largest absolute Gasteiger partial charge is 0.448 e. The van der Waals surface area contributed by atoms with Crippen molar-refractivity contribution < 1.29 is 9.53 Å². The lowest BCUT2D eigenvalue weighted by Gasteiger charge is -2.05. The van der Waals surface area contributed by atoms with Crippen LogP contribution in [-0.4, -0.2) is 18.2 Å². The molecule has 1 rings (SSSR count). The van der Waals surface area contributed by atoms with Gasteiger partial charge in [0.05, 0.1) is 5.54 Å². The van der Waals surface area contributed by atoms with E-state index in [-0.39, 0.29) is 12.1 Å². The van der Waals surface area contributed by atoms with Gasteiger partial charge in [-0.15, -0.1) is 0 Å². The molecular formula is C5H10N2O2. The predicted molar refractivity (Wildman–Crippen MR) is 31.7 cm³/mol. The van der Waals surface area contributed by atoms with Crippen LogP contribution in [0.3, 0.4) is 0 Å². The molecule has 1 fully saturated rings. The molecule has 0 aromatic rings. The normalized spacial score (nSPS) is 21.0. The van der Waals surface area contributed by atoms with E-state index in [1.54, 1.807) is 0 Å². The van der Waals surface area contributed by atoms with Crippen LogP contribution in [0.2, 0.25) is 0 Å². The summed E-state index contributed by atoms with van der Waals surface area (Å²) < 4.78 is 4.48. The zero-order chi connectivity index (χ0) is 6.91. The number of carbonyl (C=O) groups is 1. The summed E-state index contributed by atoms with van der Waals surface area (Å²) in [5.41, 5.74) is 10.0. The molecule has 9 heavy (non-hydrogen) atoms. The van der Waals surface area contributed by atoms with Crippen molar-refractivity contribution in [2.24, 2.45) is 11.5 Å². The minimum atomic E-state index is -0.744. The van der Waals surface area contributed by atoms with Crippen LogP contribution in [0, 0.1) is 0 Å². The van der Waals surface area contributed by atoms with Gasteiger partial charge >= 0.3 is 6.09 Å². The molecule has 0 spiro atoms. The van der Waals surface area contributed by atoms with Gasteiger partial charge in [0, 0.05) is 0 Å². The summed E-state index contributed by atoms with van der Waals surface area (Å²) in [6, 6.07) is 0. The van der Waals surface area contributed by atoms with Crippen molar-refractivity contribution in [3.05, 3.63) is 0 Å². The Bertz CT molecular complexity index is 131. The number of hydrogen-bond acceptors (Lipinski definition) is 3. The van der Waals surface area contributed by atoms with Gasteiger partial charge in [-0.05, 0) is 12.8 Å². The summed E-state index contributed by atoms with van der Waals surface area (Å²) in [6.07, 6.45) is 1.12. The minimum Gasteiger partial charge on any atom is -0.448 e. The number of ether oxygens (including phenoxy) is 1. The number of nitrogens with two attached hydrogens (primary N) is 2. The molecule has 0 aromatic carbocycles. The molecule has 1 aliphatic carbocycles. The highest BCUT2D eigenvalue weighted by Crippen LogP contribution is 2.31. The smallest absolute Gasteiger partial charge is 0.404 e. The molecule has 52 valence electrons. The molecule has 0 radical (unpaired) electrons. The highest BCUT2D eigenvalue weighted by atomic mass is 16.5. The highest BCUT2D eigenvalue weighted by Gasteiger charge is 2.39. The maximum absolute atomic E-state index is 10.0. The molecular weight excluding hydrogens is 120 g/mol. The van der Waals surface area contributed by atoms with E-state index in [0.717, 1.165) is 12.8 Å². The van der Waals surface area contributed by atoms with Gasteiger partial charge in [0.2, 0.25) is 0 Å². The third kappa shape index (κ3) is 1.89. The Kier molecular flexibility index (Phi) is 1.32. The number of hydrogen-bond donors (Lipinski definition) is 2. The third-order valence-corrected chi connectivity index (χ3v) is 1.39. The van der Waals surface area contributed by atoms with Gasteiger partial charge in [-0.2, -0.15) is 0 Å². The van der Waals surface area contributed by atoms with E-state index in [1.807, 2.05) is 0 Å². The molecule has 4 N–H and O–H groups in total. The molecule has 0 bridgehead atoms. The molecule has 1 saturated carbocycles. The fourth-order valence-corrected chi connectivity index (χ4v) is 0.520. The van der Waals surface area contributed by atoms with Gasteiger partial charge in [-0.3, -0.25) is 0 Å². The number of rotatable bonds is 2. The lowest BCUT2D eigenvalue weighted by molar-refractivity contribution is 0.146. The van der Waals surface area contributed by atoms with Gasteiger partial charge < -0.3 is 16.2 Å². The van der Waals surface area contributed by atoms with E-state index in [1.165, 1.54) is 0 Å². The summed E-state index contributed by atoms with van der Waals surface area (Å²) >= 11 is 0. The molecule has 0 atom stereocenters. The summed E-state index contributed by atoms with van der Waals surface area (Å²) in [5.74, 6) is 0. The SMILES string of the molecule is NC(=O)OCC1(N)CC1. The van der Waals surface area contributed by atoms with Crippen LogP contribution in [-0.2, 0) is 4.74 Å². The second-order valence-corrected chi connectivity index (χ2v) is 2.47. The zero-order valence-corrected chi connectivity index (χ0v) is 5.09. The van der Waals surface area contributed by atoms with E-state index >= 15 is 0 Å². The molecule has 1 aliphatic rings. The van der Waals surface area contributed by atoms with Crippen LogP contribution in [0.15, 0.2) is 0 Å². The molecule has 4 heteroatoms. The quantitative estimate of drug-likeness (QED) is 0.532. The monoisotopic (exact) mass is 130 g/mol. The topological polar surface area (TPSA) is 78.3 Å². The van der Waals surface area contributed by atoms with Crippen molar-refractivity contribution in [1.29, 1.82) is 0 Å². The van der Waals surface area contributed by atoms with Crippen molar-refractivity contribution >= 4 is 6.09 Å². The maximum Gasteiger partial charge on any atom is 0.404 e. The van der Waals surface area contributed by atoms with Crippen molar-refractivity contribution in [2.75, 3.05) is 6.61 Å². The van der Waals surface area contributed by atoms with Crippen LogP contribution in [0.5, 0.6) is 0 Å². The molecule has 1 amide bonds. The Morgan fingerprint density at radius 1 is 1.67 bits per heavy atom. The van der Waals surface area contributed by atoms with Crippen molar-refractivity contribution in [3.8, 4) is 0 Å². The lowest BCUT2D eigenvalue weighted by Crippen LogP contribution is -2.31. The van der Waals surface area contributed by atoms with Crippen molar-refractivity contribution in [2.45, 2.75) is 18.4 Å². The van der Waals surface area contributed by atoms with E-state index in [2.05, 4.69) is 4.74 Å². The summed E-state index contributed by atoms with van der Waals surface area (Å²) in [5, 5.41) is 0. The third-order valence-electron chi connectivity index (χ3n) is 1.39. The number of amides is 1. The Labute approximate surface area is 53.1 Å². The first-order valence-corrected chi connectivity index (χ1v) is 2.83. The van der Waals surface area contributed by atoms with Crippen LogP contribution in [0.25, 0.3) is 0 Å². The fraction of sp³-hybridized carbons (Fsp3) is 0.800.